The third kappa shape index (κ3) is 3.56. The maximum absolute atomic E-state index is 13.2. The van der Waals surface area contributed by atoms with E-state index in [1.807, 2.05) is 0 Å². The van der Waals surface area contributed by atoms with Crippen LogP contribution in [0.1, 0.15) is 12.5 Å². The molecule has 0 saturated heterocycles. The Bertz CT molecular complexity index is 437. The molecule has 78 valence electrons. The predicted octanol–water partition coefficient (Wildman–Crippen LogP) is 1.36. The van der Waals surface area contributed by atoms with Crippen molar-refractivity contribution in [2.75, 3.05) is 6.54 Å². The smallest absolute Gasteiger partial charge is 0.217 e. The molecule has 0 unspecified atom stereocenters. The van der Waals surface area contributed by atoms with E-state index in [0.717, 1.165) is 0 Å². The van der Waals surface area contributed by atoms with Gasteiger partial charge in [-0.1, -0.05) is 23.4 Å². The lowest BCUT2D eigenvalue weighted by Crippen LogP contribution is -2.19. The molecule has 1 amide bonds. The molecule has 0 aromatic carbocycles. The number of carbonyl (C=O) groups is 1. The van der Waals surface area contributed by atoms with Gasteiger partial charge < -0.3 is 5.32 Å². The topological polar surface area (TPSA) is 42.0 Å². The number of hydrogen-bond donors (Lipinski definition) is 1. The van der Waals surface area contributed by atoms with Gasteiger partial charge in [-0.05, 0) is 6.07 Å². The first-order chi connectivity index (χ1) is 7.11. The van der Waals surface area contributed by atoms with Gasteiger partial charge in [-0.2, -0.15) is 0 Å². The van der Waals surface area contributed by atoms with E-state index in [1.165, 1.54) is 19.2 Å². The summed E-state index contributed by atoms with van der Waals surface area (Å²) in [7, 11) is 0. The summed E-state index contributed by atoms with van der Waals surface area (Å²) in [5, 5.41) is 2.26. The molecule has 1 rings (SSSR count). The molecule has 0 radical (unpaired) electrons. The van der Waals surface area contributed by atoms with Crippen LogP contribution in [0.3, 0.4) is 0 Å². The molecule has 0 bridgehead atoms. The monoisotopic (exact) mass is 226 g/mol. The molecule has 0 atom stereocenters. The highest BCUT2D eigenvalue weighted by Crippen LogP contribution is 2.13. The fourth-order valence-corrected chi connectivity index (χ4v) is 0.981. The zero-order valence-electron chi connectivity index (χ0n) is 7.97. The second-order valence-corrected chi connectivity index (χ2v) is 3.03. The van der Waals surface area contributed by atoms with E-state index < -0.39 is 5.82 Å². The maximum atomic E-state index is 13.2. The average molecular weight is 227 g/mol. The van der Waals surface area contributed by atoms with E-state index in [0.29, 0.717) is 0 Å². The largest absolute Gasteiger partial charge is 0.345 e. The third-order valence-corrected chi connectivity index (χ3v) is 1.76. The van der Waals surface area contributed by atoms with Crippen molar-refractivity contribution in [1.29, 1.82) is 0 Å². The minimum absolute atomic E-state index is 0.167. The molecule has 0 spiro atoms. The second kappa shape index (κ2) is 5.32. The molecule has 0 aliphatic heterocycles. The number of hydrogen-bond acceptors (Lipinski definition) is 2. The lowest BCUT2D eigenvalue weighted by molar-refractivity contribution is -0.118. The van der Waals surface area contributed by atoms with Gasteiger partial charge in [0.05, 0.1) is 12.1 Å². The Morgan fingerprint density at radius 3 is 3.13 bits per heavy atom. The van der Waals surface area contributed by atoms with Crippen LogP contribution in [0, 0.1) is 17.7 Å². The molecule has 1 aromatic rings. The minimum Gasteiger partial charge on any atom is -0.345 e. The van der Waals surface area contributed by atoms with Crippen LogP contribution in [0.2, 0.25) is 5.15 Å². The van der Waals surface area contributed by atoms with Gasteiger partial charge in [-0.15, -0.1) is 0 Å². The van der Waals surface area contributed by atoms with Gasteiger partial charge in [0.2, 0.25) is 5.91 Å². The van der Waals surface area contributed by atoms with E-state index >= 15 is 0 Å². The van der Waals surface area contributed by atoms with Gasteiger partial charge in [0.1, 0.15) is 0 Å². The van der Waals surface area contributed by atoms with Gasteiger partial charge in [-0.3, -0.25) is 4.79 Å². The summed E-state index contributed by atoms with van der Waals surface area (Å²) < 4.78 is 13.2. The summed E-state index contributed by atoms with van der Waals surface area (Å²) in [6.45, 7) is 1.56. The molecule has 15 heavy (non-hydrogen) atoms. The Morgan fingerprint density at radius 2 is 2.47 bits per heavy atom. The lowest BCUT2D eigenvalue weighted by Gasteiger charge is -1.95. The van der Waals surface area contributed by atoms with Crippen molar-refractivity contribution in [1.82, 2.24) is 10.3 Å². The number of amides is 1. The summed E-state index contributed by atoms with van der Waals surface area (Å²) in [4.78, 5) is 14.0. The highest BCUT2D eigenvalue weighted by molar-refractivity contribution is 6.29. The molecule has 1 N–H and O–H groups in total. The first kappa shape index (κ1) is 11.5. The number of pyridine rings is 1. The molecule has 5 heteroatoms. The van der Waals surface area contributed by atoms with E-state index in [2.05, 4.69) is 22.1 Å². The fraction of sp³-hybridized carbons (Fsp3) is 0.200. The van der Waals surface area contributed by atoms with Crippen molar-refractivity contribution in [2.45, 2.75) is 6.92 Å². The summed E-state index contributed by atoms with van der Waals surface area (Å²) >= 11 is 5.45. The molecule has 0 saturated carbocycles. The maximum Gasteiger partial charge on any atom is 0.217 e. The van der Waals surface area contributed by atoms with Crippen LogP contribution in [0.15, 0.2) is 12.3 Å². The van der Waals surface area contributed by atoms with Gasteiger partial charge in [-0.25, -0.2) is 9.37 Å². The van der Waals surface area contributed by atoms with Crippen LogP contribution in [-0.4, -0.2) is 17.4 Å². The Morgan fingerprint density at radius 1 is 1.73 bits per heavy atom. The number of nitrogens with one attached hydrogen (secondary N) is 1. The number of aromatic nitrogens is 1. The van der Waals surface area contributed by atoms with Gasteiger partial charge in [0, 0.05) is 13.1 Å². The molecule has 1 aromatic heterocycles. The average Bonchev–Trinajstić information content (AvgIpc) is 2.18. The van der Waals surface area contributed by atoms with E-state index in [-0.39, 0.29) is 23.2 Å². The van der Waals surface area contributed by atoms with Crippen LogP contribution < -0.4 is 5.32 Å². The van der Waals surface area contributed by atoms with Crippen LogP contribution in [0.25, 0.3) is 0 Å². The zero-order valence-corrected chi connectivity index (χ0v) is 8.73. The summed E-state index contributed by atoms with van der Waals surface area (Å²) in [5.74, 6) is 4.31. The highest BCUT2D eigenvalue weighted by Gasteiger charge is 2.03. The Hall–Kier alpha value is -1.60. The third-order valence-electron chi connectivity index (χ3n) is 1.50. The molecule has 3 nitrogen and oxygen atoms in total. The quantitative estimate of drug-likeness (QED) is 0.580. The number of nitrogens with zero attached hydrogens (tertiary/aromatic N) is 1. The molecule has 0 fully saturated rings. The highest BCUT2D eigenvalue weighted by atomic mass is 35.5. The zero-order chi connectivity index (χ0) is 11.3. The van der Waals surface area contributed by atoms with Crippen molar-refractivity contribution in [3.63, 3.8) is 0 Å². The minimum atomic E-state index is -0.644. The molecule has 1 heterocycles. The number of halogens is 2. The van der Waals surface area contributed by atoms with Gasteiger partial charge in [0.15, 0.2) is 11.0 Å². The van der Waals surface area contributed by atoms with Gasteiger partial charge >= 0.3 is 0 Å². The van der Waals surface area contributed by atoms with Crippen LogP contribution in [0.4, 0.5) is 4.39 Å². The predicted molar refractivity (Wildman–Crippen MR) is 54.8 cm³/mol. The Labute approximate surface area is 91.7 Å². The Kier molecular flexibility index (Phi) is 4.07. The summed E-state index contributed by atoms with van der Waals surface area (Å²) in [6.07, 6.45) is 1.37. The normalized spacial score (nSPS) is 9.00. The van der Waals surface area contributed by atoms with Crippen LogP contribution in [0.5, 0.6) is 0 Å². The first-order valence-electron chi connectivity index (χ1n) is 4.14. The van der Waals surface area contributed by atoms with E-state index in [1.54, 1.807) is 0 Å². The second-order valence-electron chi connectivity index (χ2n) is 2.67. The lowest BCUT2D eigenvalue weighted by atomic mass is 10.2. The standard InChI is InChI=1S/C10H8ClFN2O/c1-7(15)13-5-2-3-8-4-6-14-10(11)9(8)12/h4,6H,5H2,1H3,(H,13,15). The van der Waals surface area contributed by atoms with Crippen molar-refractivity contribution in [3.8, 4) is 11.8 Å². The molecular formula is C10H8ClFN2O. The molecule has 0 aliphatic rings. The van der Waals surface area contributed by atoms with Crippen LogP contribution in [-0.2, 0) is 4.79 Å². The number of carbonyl (C=O) groups excluding carboxylic acids is 1. The first-order valence-corrected chi connectivity index (χ1v) is 4.52. The number of rotatable bonds is 1. The van der Waals surface area contributed by atoms with Crippen LogP contribution >= 0.6 is 11.6 Å². The summed E-state index contributed by atoms with van der Waals surface area (Å²) in [6, 6.07) is 1.42. The SMILES string of the molecule is CC(=O)NCC#Cc1ccnc(Cl)c1F. The van der Waals surface area contributed by atoms with Crippen molar-refractivity contribution in [3.05, 3.63) is 28.8 Å². The van der Waals surface area contributed by atoms with E-state index in [4.69, 9.17) is 11.6 Å². The fourth-order valence-electron chi connectivity index (χ4n) is 0.823. The van der Waals surface area contributed by atoms with Crippen molar-refractivity contribution in [2.24, 2.45) is 0 Å². The van der Waals surface area contributed by atoms with Crippen molar-refractivity contribution < 1.29 is 9.18 Å². The molecular weight excluding hydrogens is 219 g/mol. The van der Waals surface area contributed by atoms with Gasteiger partial charge in [0.25, 0.3) is 0 Å². The Balaban J connectivity index is 2.72. The summed E-state index contributed by atoms with van der Waals surface area (Å²) in [5.41, 5.74) is 0.167. The van der Waals surface area contributed by atoms with E-state index in [9.17, 15) is 9.18 Å². The molecule has 0 aliphatic carbocycles. The van der Waals surface area contributed by atoms with Crippen molar-refractivity contribution >= 4 is 17.5 Å².